The zero-order valence-corrected chi connectivity index (χ0v) is 12.3. The maximum Gasteiger partial charge on any atom is 0.222 e. The largest absolute Gasteiger partial charge is 0.342 e. The van der Waals surface area contributed by atoms with Gasteiger partial charge >= 0.3 is 0 Å². The second kappa shape index (κ2) is 7.51. The minimum absolute atomic E-state index is 0. The average molecular weight is 283 g/mol. The van der Waals surface area contributed by atoms with Gasteiger partial charge in [-0.25, -0.2) is 0 Å². The van der Waals surface area contributed by atoms with Crippen molar-refractivity contribution in [2.24, 2.45) is 11.7 Å². The average Bonchev–Trinajstić information content (AvgIpc) is 2.86. The molecule has 2 N–H and O–H groups in total. The molecular formula is C15H23ClN2O. The number of hydrogen-bond acceptors (Lipinski definition) is 2. The zero-order chi connectivity index (χ0) is 13.0. The second-order valence-electron chi connectivity index (χ2n) is 5.16. The molecule has 3 nitrogen and oxygen atoms in total. The van der Waals surface area contributed by atoms with Gasteiger partial charge in [-0.05, 0) is 43.4 Å². The topological polar surface area (TPSA) is 46.3 Å². The Labute approximate surface area is 121 Å². The van der Waals surface area contributed by atoms with Crippen LogP contribution in [0.1, 0.15) is 24.0 Å². The minimum Gasteiger partial charge on any atom is -0.342 e. The molecule has 1 aromatic rings. The van der Waals surface area contributed by atoms with Gasteiger partial charge in [-0.1, -0.05) is 24.3 Å². The molecule has 1 aliphatic heterocycles. The Morgan fingerprint density at radius 1 is 1.42 bits per heavy atom. The van der Waals surface area contributed by atoms with Gasteiger partial charge in [0, 0.05) is 19.5 Å². The molecule has 0 radical (unpaired) electrons. The maximum atomic E-state index is 12.1. The van der Waals surface area contributed by atoms with Crippen LogP contribution in [0.2, 0.25) is 0 Å². The van der Waals surface area contributed by atoms with E-state index in [-0.39, 0.29) is 18.3 Å². The molecule has 106 valence electrons. The lowest BCUT2D eigenvalue weighted by atomic mass is 10.0. The normalized spacial score (nSPS) is 18.2. The third-order valence-corrected chi connectivity index (χ3v) is 3.84. The first-order valence-electron chi connectivity index (χ1n) is 6.73. The first kappa shape index (κ1) is 16.0. The number of nitrogens with zero attached hydrogens (tertiary/aromatic N) is 1. The quantitative estimate of drug-likeness (QED) is 0.920. The smallest absolute Gasteiger partial charge is 0.222 e. The molecule has 0 aromatic heterocycles. The van der Waals surface area contributed by atoms with Crippen molar-refractivity contribution < 1.29 is 4.79 Å². The standard InChI is InChI=1S/C15H22N2O.ClH/c1-12-4-2-3-5-14(12)6-7-15(18)17-9-8-13(10-16)11-17;/h2-5,13H,6-11,16H2,1H3;1H. The predicted molar refractivity (Wildman–Crippen MR) is 80.5 cm³/mol. The van der Waals surface area contributed by atoms with Gasteiger partial charge < -0.3 is 10.6 Å². The number of halogens is 1. The summed E-state index contributed by atoms with van der Waals surface area (Å²) in [6.07, 6.45) is 2.52. The van der Waals surface area contributed by atoms with Crippen molar-refractivity contribution in [1.29, 1.82) is 0 Å². The number of likely N-dealkylation sites (tertiary alicyclic amines) is 1. The summed E-state index contributed by atoms with van der Waals surface area (Å²) in [7, 11) is 0. The van der Waals surface area contributed by atoms with Crippen LogP contribution in [0.15, 0.2) is 24.3 Å². The highest BCUT2D eigenvalue weighted by Gasteiger charge is 2.24. The van der Waals surface area contributed by atoms with Crippen molar-refractivity contribution in [1.82, 2.24) is 4.90 Å². The second-order valence-corrected chi connectivity index (χ2v) is 5.16. The highest BCUT2D eigenvalue weighted by Crippen LogP contribution is 2.17. The Morgan fingerprint density at radius 3 is 2.79 bits per heavy atom. The highest BCUT2D eigenvalue weighted by molar-refractivity contribution is 5.85. The summed E-state index contributed by atoms with van der Waals surface area (Å²) >= 11 is 0. The molecule has 0 aliphatic carbocycles. The maximum absolute atomic E-state index is 12.1. The molecule has 1 unspecified atom stereocenters. The van der Waals surface area contributed by atoms with E-state index in [1.54, 1.807) is 0 Å². The van der Waals surface area contributed by atoms with Crippen molar-refractivity contribution in [3.8, 4) is 0 Å². The lowest BCUT2D eigenvalue weighted by Crippen LogP contribution is -2.30. The van der Waals surface area contributed by atoms with Crippen molar-refractivity contribution in [3.05, 3.63) is 35.4 Å². The van der Waals surface area contributed by atoms with Gasteiger partial charge in [0.15, 0.2) is 0 Å². The van der Waals surface area contributed by atoms with Crippen LogP contribution in [0.5, 0.6) is 0 Å². The lowest BCUT2D eigenvalue weighted by molar-refractivity contribution is -0.130. The molecule has 0 bridgehead atoms. The molecule has 1 aromatic carbocycles. The van der Waals surface area contributed by atoms with Crippen LogP contribution in [0.3, 0.4) is 0 Å². The summed E-state index contributed by atoms with van der Waals surface area (Å²) < 4.78 is 0. The Morgan fingerprint density at radius 2 is 2.16 bits per heavy atom. The number of aryl methyl sites for hydroxylation is 2. The molecule has 1 atom stereocenters. The van der Waals surface area contributed by atoms with Gasteiger partial charge in [0.2, 0.25) is 5.91 Å². The number of benzene rings is 1. The molecule has 19 heavy (non-hydrogen) atoms. The number of nitrogens with two attached hydrogens (primary N) is 1. The van der Waals surface area contributed by atoms with E-state index in [4.69, 9.17) is 5.73 Å². The van der Waals surface area contributed by atoms with E-state index in [0.29, 0.717) is 18.9 Å². The van der Waals surface area contributed by atoms with Crippen LogP contribution < -0.4 is 5.73 Å². The fraction of sp³-hybridized carbons (Fsp3) is 0.533. The van der Waals surface area contributed by atoms with Gasteiger partial charge in [-0.15, -0.1) is 12.4 Å². The molecule has 1 amide bonds. The fourth-order valence-corrected chi connectivity index (χ4v) is 2.54. The highest BCUT2D eigenvalue weighted by atomic mass is 35.5. The SMILES string of the molecule is Cc1ccccc1CCC(=O)N1CCC(CN)C1.Cl. The minimum atomic E-state index is 0. The van der Waals surface area contributed by atoms with E-state index in [9.17, 15) is 4.79 Å². The fourth-order valence-electron chi connectivity index (χ4n) is 2.54. The molecule has 1 saturated heterocycles. The van der Waals surface area contributed by atoms with Gasteiger partial charge in [-0.3, -0.25) is 4.79 Å². The summed E-state index contributed by atoms with van der Waals surface area (Å²) in [6.45, 7) is 4.53. The third kappa shape index (κ3) is 4.22. The molecule has 0 saturated carbocycles. The molecular weight excluding hydrogens is 260 g/mol. The monoisotopic (exact) mass is 282 g/mol. The third-order valence-electron chi connectivity index (χ3n) is 3.84. The number of carbonyl (C=O) groups is 1. The summed E-state index contributed by atoms with van der Waals surface area (Å²) in [6, 6.07) is 8.27. The summed E-state index contributed by atoms with van der Waals surface area (Å²) in [4.78, 5) is 14.0. The Kier molecular flexibility index (Phi) is 6.32. The van der Waals surface area contributed by atoms with Crippen molar-refractivity contribution >= 4 is 18.3 Å². The number of amides is 1. The van der Waals surface area contributed by atoms with Crippen LogP contribution in [0, 0.1) is 12.8 Å². The predicted octanol–water partition coefficient (Wildman–Crippen LogP) is 2.16. The summed E-state index contributed by atoms with van der Waals surface area (Å²) in [5.74, 6) is 0.779. The van der Waals surface area contributed by atoms with Gasteiger partial charge in [0.05, 0.1) is 0 Å². The molecule has 1 fully saturated rings. The Balaban J connectivity index is 0.00000180. The first-order chi connectivity index (χ1) is 8.70. The van der Waals surface area contributed by atoms with Gasteiger partial charge in [-0.2, -0.15) is 0 Å². The lowest BCUT2D eigenvalue weighted by Gasteiger charge is -2.16. The Bertz CT molecular complexity index is 422. The van der Waals surface area contributed by atoms with Crippen molar-refractivity contribution in [2.45, 2.75) is 26.2 Å². The molecule has 0 spiro atoms. The van der Waals surface area contributed by atoms with E-state index in [1.165, 1.54) is 11.1 Å². The van der Waals surface area contributed by atoms with Crippen LogP contribution >= 0.6 is 12.4 Å². The van der Waals surface area contributed by atoms with Gasteiger partial charge in [0.25, 0.3) is 0 Å². The number of rotatable bonds is 4. The van der Waals surface area contributed by atoms with Crippen LogP contribution in [0.25, 0.3) is 0 Å². The van der Waals surface area contributed by atoms with E-state index < -0.39 is 0 Å². The zero-order valence-electron chi connectivity index (χ0n) is 11.5. The van der Waals surface area contributed by atoms with E-state index >= 15 is 0 Å². The van der Waals surface area contributed by atoms with Crippen LogP contribution in [-0.4, -0.2) is 30.4 Å². The van der Waals surface area contributed by atoms with Crippen LogP contribution in [0.4, 0.5) is 0 Å². The Hall–Kier alpha value is -1.06. The number of hydrogen-bond donors (Lipinski definition) is 1. The molecule has 2 rings (SSSR count). The first-order valence-corrected chi connectivity index (χ1v) is 6.73. The summed E-state index contributed by atoms with van der Waals surface area (Å²) in [5.41, 5.74) is 8.19. The molecule has 1 aliphatic rings. The van der Waals surface area contributed by atoms with Crippen molar-refractivity contribution in [2.75, 3.05) is 19.6 Å². The molecule has 4 heteroatoms. The molecule has 1 heterocycles. The van der Waals surface area contributed by atoms with Gasteiger partial charge in [0.1, 0.15) is 0 Å². The van der Waals surface area contributed by atoms with E-state index in [0.717, 1.165) is 25.9 Å². The number of carbonyl (C=O) groups excluding carboxylic acids is 1. The van der Waals surface area contributed by atoms with E-state index in [2.05, 4.69) is 19.1 Å². The summed E-state index contributed by atoms with van der Waals surface area (Å²) in [5, 5.41) is 0. The van der Waals surface area contributed by atoms with Crippen LogP contribution in [-0.2, 0) is 11.2 Å². The van der Waals surface area contributed by atoms with E-state index in [1.807, 2.05) is 17.0 Å². The van der Waals surface area contributed by atoms with Crippen molar-refractivity contribution in [3.63, 3.8) is 0 Å².